The summed E-state index contributed by atoms with van der Waals surface area (Å²) in [4.78, 5) is 14.2. The Balaban J connectivity index is 1.57. The fraction of sp³-hybridized carbons (Fsp3) is 0.450. The molecule has 0 radical (unpaired) electrons. The van der Waals surface area contributed by atoms with Crippen LogP contribution in [0.25, 0.3) is 0 Å². The second-order valence-electron chi connectivity index (χ2n) is 6.84. The molecule has 1 N–H and O–H groups in total. The van der Waals surface area contributed by atoms with E-state index in [2.05, 4.69) is 49.5 Å². The van der Waals surface area contributed by atoms with Crippen molar-refractivity contribution in [3.8, 4) is 0 Å². The molecule has 0 unspecified atom stereocenters. The minimum atomic E-state index is 0.00178. The number of rotatable bonds is 5. The van der Waals surface area contributed by atoms with E-state index in [9.17, 15) is 4.79 Å². The van der Waals surface area contributed by atoms with Gasteiger partial charge in [0.25, 0.3) is 5.91 Å². The molecule has 0 saturated carbocycles. The fourth-order valence-corrected chi connectivity index (χ4v) is 3.39. The number of hydrogen-bond donors (Lipinski definition) is 1. The highest BCUT2D eigenvalue weighted by atomic mass is 16.3. The first kappa shape index (κ1) is 16.8. The minimum absolute atomic E-state index is 0.00178. The molecule has 0 bridgehead atoms. The summed E-state index contributed by atoms with van der Waals surface area (Å²) in [6.45, 7) is 6.05. The monoisotopic (exact) mass is 326 g/mol. The van der Waals surface area contributed by atoms with Crippen LogP contribution in [-0.4, -0.2) is 29.9 Å². The molecule has 1 amide bonds. The van der Waals surface area contributed by atoms with Crippen molar-refractivity contribution in [2.24, 2.45) is 5.92 Å². The van der Waals surface area contributed by atoms with Crippen molar-refractivity contribution in [1.29, 1.82) is 0 Å². The van der Waals surface area contributed by atoms with Crippen molar-refractivity contribution in [2.75, 3.05) is 13.1 Å². The summed E-state index contributed by atoms with van der Waals surface area (Å²) in [7, 11) is 0. The third-order valence-corrected chi connectivity index (χ3v) is 4.75. The maximum absolute atomic E-state index is 12.3. The van der Waals surface area contributed by atoms with Crippen LogP contribution in [0.1, 0.15) is 48.8 Å². The maximum atomic E-state index is 12.3. The molecule has 1 aromatic carbocycles. The molecule has 0 aliphatic carbocycles. The van der Waals surface area contributed by atoms with Crippen molar-refractivity contribution >= 4 is 5.91 Å². The molecule has 24 heavy (non-hydrogen) atoms. The summed E-state index contributed by atoms with van der Waals surface area (Å²) in [5, 5.41) is 3.80. The van der Waals surface area contributed by atoms with Crippen LogP contribution >= 0.6 is 0 Å². The van der Waals surface area contributed by atoms with Crippen LogP contribution in [0.2, 0.25) is 0 Å². The lowest BCUT2D eigenvalue weighted by Crippen LogP contribution is -2.46. The zero-order chi connectivity index (χ0) is 16.9. The SMILES string of the molecule is CC(C)[C@H](NC1CCN(C(=O)c2ccco2)CC1)c1ccccc1. The fourth-order valence-electron chi connectivity index (χ4n) is 3.39. The van der Waals surface area contributed by atoms with Crippen LogP contribution in [0.15, 0.2) is 53.1 Å². The number of amides is 1. The van der Waals surface area contributed by atoms with Gasteiger partial charge in [-0.2, -0.15) is 0 Å². The second kappa shape index (κ2) is 7.67. The van der Waals surface area contributed by atoms with Gasteiger partial charge < -0.3 is 14.6 Å². The van der Waals surface area contributed by atoms with E-state index in [1.54, 1.807) is 18.4 Å². The first-order chi connectivity index (χ1) is 11.6. The van der Waals surface area contributed by atoms with Gasteiger partial charge in [0.15, 0.2) is 5.76 Å². The smallest absolute Gasteiger partial charge is 0.289 e. The van der Waals surface area contributed by atoms with E-state index >= 15 is 0 Å². The normalized spacial score (nSPS) is 17.2. The average molecular weight is 326 g/mol. The predicted molar refractivity (Wildman–Crippen MR) is 94.8 cm³/mol. The largest absolute Gasteiger partial charge is 0.459 e. The lowest BCUT2D eigenvalue weighted by atomic mass is 9.93. The van der Waals surface area contributed by atoms with Gasteiger partial charge in [0, 0.05) is 25.2 Å². The summed E-state index contributed by atoms with van der Waals surface area (Å²) >= 11 is 0. The summed E-state index contributed by atoms with van der Waals surface area (Å²) in [5.41, 5.74) is 1.33. The third kappa shape index (κ3) is 3.88. The van der Waals surface area contributed by atoms with Crippen LogP contribution in [-0.2, 0) is 0 Å². The Bertz CT molecular complexity index is 629. The molecule has 1 saturated heterocycles. The molecule has 2 aromatic rings. The number of carbonyl (C=O) groups is 1. The molecule has 1 aliphatic heterocycles. The molecule has 4 heteroatoms. The molecule has 0 spiro atoms. The van der Waals surface area contributed by atoms with Crippen LogP contribution in [0, 0.1) is 5.92 Å². The summed E-state index contributed by atoms with van der Waals surface area (Å²) in [6, 6.07) is 14.9. The standard InChI is InChI=1S/C20H26N2O2/c1-15(2)19(16-7-4-3-5-8-16)21-17-10-12-22(13-11-17)20(23)18-9-6-14-24-18/h3-9,14-15,17,19,21H,10-13H2,1-2H3/t19-/m0/s1. The highest BCUT2D eigenvalue weighted by Gasteiger charge is 2.27. The average Bonchev–Trinajstić information content (AvgIpc) is 3.15. The van der Waals surface area contributed by atoms with E-state index in [-0.39, 0.29) is 5.91 Å². The zero-order valence-electron chi connectivity index (χ0n) is 14.4. The van der Waals surface area contributed by atoms with Gasteiger partial charge in [-0.3, -0.25) is 4.79 Å². The van der Waals surface area contributed by atoms with Gasteiger partial charge in [-0.25, -0.2) is 0 Å². The number of furan rings is 1. The lowest BCUT2D eigenvalue weighted by molar-refractivity contribution is 0.0667. The number of piperidine rings is 1. The van der Waals surface area contributed by atoms with E-state index in [0.29, 0.717) is 23.8 Å². The van der Waals surface area contributed by atoms with Gasteiger partial charge in [0.05, 0.1) is 6.26 Å². The molecule has 3 rings (SSSR count). The van der Waals surface area contributed by atoms with Crippen LogP contribution in [0.3, 0.4) is 0 Å². The summed E-state index contributed by atoms with van der Waals surface area (Å²) in [5.74, 6) is 0.961. The molecule has 128 valence electrons. The Kier molecular flexibility index (Phi) is 5.36. The minimum Gasteiger partial charge on any atom is -0.459 e. The van der Waals surface area contributed by atoms with Crippen molar-refractivity contribution in [3.05, 3.63) is 60.1 Å². The van der Waals surface area contributed by atoms with Crippen LogP contribution < -0.4 is 5.32 Å². The van der Waals surface area contributed by atoms with E-state index in [1.165, 1.54) is 5.56 Å². The second-order valence-corrected chi connectivity index (χ2v) is 6.84. The third-order valence-electron chi connectivity index (χ3n) is 4.75. The molecule has 1 aromatic heterocycles. The Morgan fingerprint density at radius 2 is 1.83 bits per heavy atom. The van der Waals surface area contributed by atoms with Crippen molar-refractivity contribution in [2.45, 2.75) is 38.8 Å². The van der Waals surface area contributed by atoms with Gasteiger partial charge in [-0.1, -0.05) is 44.2 Å². The Hall–Kier alpha value is -2.07. The van der Waals surface area contributed by atoms with Gasteiger partial charge in [-0.05, 0) is 36.5 Å². The van der Waals surface area contributed by atoms with Gasteiger partial charge in [0.1, 0.15) is 0 Å². The zero-order valence-corrected chi connectivity index (χ0v) is 14.4. The van der Waals surface area contributed by atoms with E-state index < -0.39 is 0 Å². The summed E-state index contributed by atoms with van der Waals surface area (Å²) in [6.07, 6.45) is 3.50. The van der Waals surface area contributed by atoms with Gasteiger partial charge in [0.2, 0.25) is 0 Å². The van der Waals surface area contributed by atoms with Gasteiger partial charge >= 0.3 is 0 Å². The Morgan fingerprint density at radius 3 is 2.42 bits per heavy atom. The van der Waals surface area contributed by atoms with Crippen molar-refractivity contribution in [3.63, 3.8) is 0 Å². The van der Waals surface area contributed by atoms with Crippen LogP contribution in [0.5, 0.6) is 0 Å². The van der Waals surface area contributed by atoms with E-state index in [1.807, 2.05) is 4.90 Å². The highest BCUT2D eigenvalue weighted by molar-refractivity contribution is 5.91. The first-order valence-corrected chi connectivity index (χ1v) is 8.79. The summed E-state index contributed by atoms with van der Waals surface area (Å²) < 4.78 is 5.22. The number of nitrogens with zero attached hydrogens (tertiary/aromatic N) is 1. The van der Waals surface area contributed by atoms with Gasteiger partial charge in [-0.15, -0.1) is 0 Å². The Morgan fingerprint density at radius 1 is 1.12 bits per heavy atom. The molecule has 4 nitrogen and oxygen atoms in total. The maximum Gasteiger partial charge on any atom is 0.289 e. The van der Waals surface area contributed by atoms with Crippen molar-refractivity contribution in [1.82, 2.24) is 10.2 Å². The van der Waals surface area contributed by atoms with Crippen molar-refractivity contribution < 1.29 is 9.21 Å². The molecule has 1 atom stereocenters. The number of likely N-dealkylation sites (tertiary alicyclic amines) is 1. The van der Waals surface area contributed by atoms with E-state index in [4.69, 9.17) is 4.42 Å². The molecule has 1 aliphatic rings. The first-order valence-electron chi connectivity index (χ1n) is 8.79. The lowest BCUT2D eigenvalue weighted by Gasteiger charge is -2.35. The Labute approximate surface area is 143 Å². The highest BCUT2D eigenvalue weighted by Crippen LogP contribution is 2.24. The molecule has 1 fully saturated rings. The molecular formula is C20H26N2O2. The number of carbonyl (C=O) groups excluding carboxylic acids is 1. The number of hydrogen-bond acceptors (Lipinski definition) is 3. The predicted octanol–water partition coefficient (Wildman–Crippen LogP) is 3.87. The van der Waals surface area contributed by atoms with Crippen LogP contribution in [0.4, 0.5) is 0 Å². The number of benzene rings is 1. The number of nitrogens with one attached hydrogen (secondary N) is 1. The topological polar surface area (TPSA) is 45.5 Å². The molecule has 2 heterocycles. The molecular weight excluding hydrogens is 300 g/mol. The van der Waals surface area contributed by atoms with E-state index in [0.717, 1.165) is 25.9 Å². The quantitative estimate of drug-likeness (QED) is 0.907.